The van der Waals surface area contributed by atoms with E-state index >= 15 is 0 Å². The fraction of sp³-hybridized carbons (Fsp3) is 0.143. The van der Waals surface area contributed by atoms with Gasteiger partial charge in [-0.3, -0.25) is 9.10 Å². The number of carbonyl (C=O) groups is 1. The van der Waals surface area contributed by atoms with Gasteiger partial charge in [0.15, 0.2) is 0 Å². The van der Waals surface area contributed by atoms with Gasteiger partial charge in [-0.25, -0.2) is 13.4 Å². The molecule has 2 aromatic heterocycles. The molecule has 0 saturated carbocycles. The minimum Gasteiger partial charge on any atom is -0.305 e. The molecular weight excluding hydrogens is 358 g/mol. The van der Waals surface area contributed by atoms with Gasteiger partial charge < -0.3 is 5.32 Å². The molecule has 0 fully saturated rings. The van der Waals surface area contributed by atoms with Crippen LogP contribution < -0.4 is 5.32 Å². The quantitative estimate of drug-likeness (QED) is 0.882. The summed E-state index contributed by atoms with van der Waals surface area (Å²) in [5, 5.41) is 2.61. The van der Waals surface area contributed by atoms with Gasteiger partial charge in [-0.1, -0.05) is 17.7 Å². The van der Waals surface area contributed by atoms with E-state index in [9.17, 15) is 13.2 Å². The second kappa shape index (κ2) is 5.63. The first-order valence-corrected chi connectivity index (χ1v) is 9.17. The number of sulfonamides is 1. The van der Waals surface area contributed by atoms with E-state index in [2.05, 4.69) is 10.3 Å². The van der Waals surface area contributed by atoms with Crippen molar-refractivity contribution in [2.75, 3.05) is 12.4 Å². The normalized spacial score (nSPS) is 16.2. The number of thiophene rings is 1. The largest absolute Gasteiger partial charge is 0.305 e. The number of nitrogens with zero attached hydrogens (tertiary/aromatic N) is 2. The van der Waals surface area contributed by atoms with E-state index < -0.39 is 15.9 Å². The Morgan fingerprint density at radius 1 is 1.39 bits per heavy atom. The monoisotopic (exact) mass is 369 g/mol. The van der Waals surface area contributed by atoms with E-state index in [1.165, 1.54) is 19.3 Å². The Labute approximate surface area is 142 Å². The molecule has 0 radical (unpaired) electrons. The number of nitrogens with one attached hydrogen (secondary N) is 1. The summed E-state index contributed by atoms with van der Waals surface area (Å²) < 4.78 is 26.5. The summed E-state index contributed by atoms with van der Waals surface area (Å²) in [4.78, 5) is 17.2. The molecule has 0 unspecified atom stereocenters. The van der Waals surface area contributed by atoms with Crippen LogP contribution in [-0.4, -0.2) is 30.7 Å². The van der Waals surface area contributed by atoms with Crippen molar-refractivity contribution in [3.8, 4) is 0 Å². The maximum atomic E-state index is 12.6. The van der Waals surface area contributed by atoms with E-state index in [-0.39, 0.29) is 10.6 Å². The van der Waals surface area contributed by atoms with Gasteiger partial charge in [-0.2, -0.15) is 0 Å². The van der Waals surface area contributed by atoms with Crippen LogP contribution in [0, 0.1) is 0 Å². The highest BCUT2D eigenvalue weighted by atomic mass is 35.5. The first-order valence-electron chi connectivity index (χ1n) is 6.54. The summed E-state index contributed by atoms with van der Waals surface area (Å²) in [5.41, 5.74) is 0.615. The molecule has 1 amide bonds. The summed E-state index contributed by atoms with van der Waals surface area (Å²) in [7, 11) is -2.45. The van der Waals surface area contributed by atoms with Crippen molar-refractivity contribution in [3.63, 3.8) is 0 Å². The topological polar surface area (TPSA) is 79.4 Å². The fourth-order valence-electron chi connectivity index (χ4n) is 2.34. The minimum absolute atomic E-state index is 0.0571. The van der Waals surface area contributed by atoms with Crippen molar-refractivity contribution in [1.29, 1.82) is 0 Å². The lowest BCUT2D eigenvalue weighted by Gasteiger charge is -2.27. The van der Waals surface area contributed by atoms with Crippen LogP contribution in [0.5, 0.6) is 0 Å². The number of hydrogen-bond acceptors (Lipinski definition) is 5. The number of anilines is 1. The highest BCUT2D eigenvalue weighted by Gasteiger charge is 2.37. The number of halogens is 1. The van der Waals surface area contributed by atoms with Gasteiger partial charge in [0.1, 0.15) is 16.4 Å². The summed E-state index contributed by atoms with van der Waals surface area (Å²) in [6.07, 6.45) is 1.54. The Morgan fingerprint density at radius 2 is 2.13 bits per heavy atom. The number of rotatable bonds is 2. The third-order valence-corrected chi connectivity index (χ3v) is 6.73. The third kappa shape index (κ3) is 2.62. The number of pyridine rings is 1. The third-order valence-electron chi connectivity index (χ3n) is 3.44. The molecule has 3 rings (SSSR count). The summed E-state index contributed by atoms with van der Waals surface area (Å²) in [6.45, 7) is 1.70. The van der Waals surface area contributed by atoms with Gasteiger partial charge >= 0.3 is 0 Å². The van der Waals surface area contributed by atoms with Gasteiger partial charge in [-0.15, -0.1) is 11.3 Å². The van der Waals surface area contributed by atoms with Crippen LogP contribution in [0.25, 0.3) is 5.57 Å². The Kier molecular flexibility index (Phi) is 3.91. The Morgan fingerprint density at radius 3 is 2.78 bits per heavy atom. The zero-order chi connectivity index (χ0) is 16.8. The lowest BCUT2D eigenvalue weighted by molar-refractivity contribution is -0.113. The highest BCUT2D eigenvalue weighted by molar-refractivity contribution is 7.89. The fourth-order valence-corrected chi connectivity index (χ4v) is 5.45. The van der Waals surface area contributed by atoms with Crippen LogP contribution in [0.4, 0.5) is 5.82 Å². The van der Waals surface area contributed by atoms with Crippen LogP contribution >= 0.6 is 22.9 Å². The molecule has 0 bridgehead atoms. The Bertz CT molecular complexity index is 920. The Hall–Kier alpha value is -1.90. The van der Waals surface area contributed by atoms with Gasteiger partial charge in [0.25, 0.3) is 15.9 Å². The number of carbonyl (C=O) groups excluding carboxylic acids is 1. The predicted molar refractivity (Wildman–Crippen MR) is 89.7 cm³/mol. The van der Waals surface area contributed by atoms with Gasteiger partial charge in [-0.05, 0) is 30.7 Å². The predicted octanol–water partition coefficient (Wildman–Crippen LogP) is 2.80. The first-order chi connectivity index (χ1) is 10.8. The van der Waals surface area contributed by atoms with E-state index in [0.717, 1.165) is 15.6 Å². The Balaban J connectivity index is 2.09. The maximum Gasteiger partial charge on any atom is 0.274 e. The first kappa shape index (κ1) is 16.0. The van der Waals surface area contributed by atoms with E-state index in [1.54, 1.807) is 25.1 Å². The maximum absolute atomic E-state index is 12.6. The lowest BCUT2D eigenvalue weighted by Crippen LogP contribution is -2.36. The van der Waals surface area contributed by atoms with Crippen LogP contribution in [0.15, 0.2) is 41.1 Å². The van der Waals surface area contributed by atoms with Gasteiger partial charge in [0, 0.05) is 13.2 Å². The number of hydrogen-bond donors (Lipinski definition) is 1. The number of aromatic nitrogens is 1. The van der Waals surface area contributed by atoms with Crippen LogP contribution in [0.1, 0.15) is 11.8 Å². The van der Waals surface area contributed by atoms with Crippen molar-refractivity contribution in [1.82, 2.24) is 9.29 Å². The number of fused-ring (bicyclic) bond motifs is 1. The molecule has 0 aliphatic carbocycles. The van der Waals surface area contributed by atoms with E-state index in [1.807, 2.05) is 0 Å². The number of allylic oxidation sites excluding steroid dienone is 1. The average Bonchev–Trinajstić information content (AvgIpc) is 2.90. The second-order valence-corrected chi connectivity index (χ2v) is 8.48. The molecule has 1 aliphatic rings. The molecule has 0 spiro atoms. The van der Waals surface area contributed by atoms with Crippen molar-refractivity contribution in [2.24, 2.45) is 0 Å². The van der Waals surface area contributed by atoms with Crippen LogP contribution in [0.3, 0.4) is 0 Å². The zero-order valence-corrected chi connectivity index (χ0v) is 14.6. The van der Waals surface area contributed by atoms with Crippen LogP contribution in [-0.2, 0) is 14.8 Å². The molecule has 1 aliphatic heterocycles. The standard InChI is InChI=1S/C14H12ClN3O3S2/c1-8-12(14(19)17-11-5-3-4-6-16-11)18(2)23(20,21)9-7-10(15)22-13(8)9/h3-7H,1-2H3,(H,16,17,19). The lowest BCUT2D eigenvalue weighted by atomic mass is 10.1. The molecule has 2 aromatic rings. The van der Waals surface area contributed by atoms with Crippen LogP contribution in [0.2, 0.25) is 4.34 Å². The zero-order valence-electron chi connectivity index (χ0n) is 12.2. The van der Waals surface area contributed by atoms with Crippen molar-refractivity contribution < 1.29 is 13.2 Å². The molecule has 3 heterocycles. The molecule has 0 atom stereocenters. The number of likely N-dealkylation sites (N-methyl/N-ethyl adjacent to an activating group) is 1. The summed E-state index contributed by atoms with van der Waals surface area (Å²) >= 11 is 7.09. The molecule has 23 heavy (non-hydrogen) atoms. The molecule has 0 saturated heterocycles. The molecule has 0 aromatic carbocycles. The smallest absolute Gasteiger partial charge is 0.274 e. The van der Waals surface area contributed by atoms with Crippen molar-refractivity contribution >= 4 is 50.3 Å². The summed E-state index contributed by atoms with van der Waals surface area (Å²) in [6, 6.07) is 6.47. The molecule has 6 nitrogen and oxygen atoms in total. The van der Waals surface area contributed by atoms with Crippen molar-refractivity contribution in [3.05, 3.63) is 45.4 Å². The van der Waals surface area contributed by atoms with E-state index in [4.69, 9.17) is 11.6 Å². The molecule has 1 N–H and O–H groups in total. The molecule has 120 valence electrons. The average molecular weight is 370 g/mol. The summed E-state index contributed by atoms with van der Waals surface area (Å²) in [5.74, 6) is -0.193. The van der Waals surface area contributed by atoms with Crippen molar-refractivity contribution in [2.45, 2.75) is 11.8 Å². The number of amides is 1. The molecular formula is C14H12ClN3O3S2. The van der Waals surface area contributed by atoms with Gasteiger partial charge in [0.05, 0.1) is 9.21 Å². The van der Waals surface area contributed by atoms with E-state index in [0.29, 0.717) is 20.6 Å². The van der Waals surface area contributed by atoms with Gasteiger partial charge in [0.2, 0.25) is 0 Å². The second-order valence-electron chi connectivity index (χ2n) is 4.86. The SMILES string of the molecule is CC1=C(C(=O)Nc2ccccn2)N(C)S(=O)(=O)c2cc(Cl)sc21. The highest BCUT2D eigenvalue weighted by Crippen LogP contribution is 2.42. The minimum atomic E-state index is -3.80. The molecule has 9 heteroatoms.